The molecule has 0 radical (unpaired) electrons. The first-order valence-corrected chi connectivity index (χ1v) is 9.16. The first-order valence-electron chi connectivity index (χ1n) is 4.95. The summed E-state index contributed by atoms with van der Waals surface area (Å²) in [4.78, 5) is 19.0. The van der Waals surface area contributed by atoms with E-state index in [1.165, 1.54) is 0 Å². The Morgan fingerprint density at radius 2 is 1.47 bits per heavy atom. The predicted octanol–water partition coefficient (Wildman–Crippen LogP) is 1.68. The fourth-order valence-corrected chi connectivity index (χ4v) is 5.21. The molecule has 1 rings (SSSR count). The molecule has 2 unspecified atom stereocenters. The summed E-state index contributed by atoms with van der Waals surface area (Å²) < 4.78 is 23.3. The van der Waals surface area contributed by atoms with E-state index < -0.39 is 19.8 Å². The monoisotopic (exact) mass is 278 g/mol. The highest BCUT2D eigenvalue weighted by molar-refractivity contribution is 7.76. The molecule has 0 aliphatic carbocycles. The van der Waals surface area contributed by atoms with Gasteiger partial charge < -0.3 is 14.9 Å². The molecule has 0 heterocycles. The molecule has 0 aliphatic rings. The molecular weight excluding hydrogens is 262 g/mol. The van der Waals surface area contributed by atoms with Gasteiger partial charge in [-0.25, -0.2) is 0 Å². The van der Waals surface area contributed by atoms with Crippen molar-refractivity contribution in [1.29, 1.82) is 0 Å². The van der Waals surface area contributed by atoms with Gasteiger partial charge in [-0.05, 0) is 5.56 Å². The van der Waals surface area contributed by atoms with Crippen molar-refractivity contribution in [2.75, 3.05) is 13.3 Å². The SMILES string of the molecule is CP(=O)(O)C(O)(Cc1ccccc1)P(C)(=O)O. The van der Waals surface area contributed by atoms with Crippen LogP contribution in [-0.4, -0.2) is 33.3 Å². The molecule has 0 saturated carbocycles. The molecule has 0 spiro atoms. The summed E-state index contributed by atoms with van der Waals surface area (Å²) >= 11 is 0. The highest BCUT2D eigenvalue weighted by atomic mass is 31.2. The molecule has 3 N–H and O–H groups in total. The molecule has 17 heavy (non-hydrogen) atoms. The van der Waals surface area contributed by atoms with E-state index in [2.05, 4.69) is 0 Å². The van der Waals surface area contributed by atoms with E-state index in [0.717, 1.165) is 13.3 Å². The maximum absolute atomic E-state index is 11.7. The minimum Gasteiger partial charge on any atom is -0.371 e. The smallest absolute Gasteiger partial charge is 0.238 e. The molecule has 2 atom stereocenters. The van der Waals surface area contributed by atoms with E-state index >= 15 is 0 Å². The summed E-state index contributed by atoms with van der Waals surface area (Å²) in [5.74, 6) is 0. The van der Waals surface area contributed by atoms with Crippen LogP contribution < -0.4 is 0 Å². The molecular formula is C10H16O5P2. The van der Waals surface area contributed by atoms with Crippen molar-refractivity contribution < 1.29 is 24.0 Å². The number of aliphatic hydroxyl groups is 1. The van der Waals surface area contributed by atoms with Gasteiger partial charge >= 0.3 is 0 Å². The van der Waals surface area contributed by atoms with E-state index in [-0.39, 0.29) is 6.42 Å². The highest BCUT2D eigenvalue weighted by Crippen LogP contribution is 2.68. The molecule has 1 aromatic rings. The summed E-state index contributed by atoms with van der Waals surface area (Å²) in [5, 5.41) is 7.61. The highest BCUT2D eigenvalue weighted by Gasteiger charge is 2.53. The van der Waals surface area contributed by atoms with E-state index in [4.69, 9.17) is 0 Å². The molecule has 0 aliphatic heterocycles. The van der Waals surface area contributed by atoms with Crippen molar-refractivity contribution in [3.05, 3.63) is 35.9 Å². The van der Waals surface area contributed by atoms with Crippen molar-refractivity contribution in [2.45, 2.75) is 11.5 Å². The van der Waals surface area contributed by atoms with Crippen LogP contribution in [0.3, 0.4) is 0 Å². The van der Waals surface area contributed by atoms with Gasteiger partial charge in [0.05, 0.1) is 0 Å². The molecule has 7 heteroatoms. The van der Waals surface area contributed by atoms with Gasteiger partial charge in [0, 0.05) is 19.8 Å². The Kier molecular flexibility index (Phi) is 4.02. The van der Waals surface area contributed by atoms with Crippen LogP contribution >= 0.6 is 14.7 Å². The summed E-state index contributed by atoms with van der Waals surface area (Å²) in [6.07, 6.45) is -0.331. The largest absolute Gasteiger partial charge is 0.371 e. The van der Waals surface area contributed by atoms with Gasteiger partial charge in [-0.3, -0.25) is 9.13 Å². The molecule has 0 amide bonds. The van der Waals surface area contributed by atoms with Crippen molar-refractivity contribution in [3.63, 3.8) is 0 Å². The predicted molar refractivity (Wildman–Crippen MR) is 66.6 cm³/mol. The molecule has 5 nitrogen and oxygen atoms in total. The Morgan fingerprint density at radius 1 is 1.06 bits per heavy atom. The summed E-state index contributed by atoms with van der Waals surface area (Å²) in [6, 6.07) is 8.36. The van der Waals surface area contributed by atoms with Crippen molar-refractivity contribution in [2.24, 2.45) is 0 Å². The second kappa shape index (κ2) is 4.68. The van der Waals surface area contributed by atoms with Crippen molar-refractivity contribution in [3.8, 4) is 0 Å². The number of benzene rings is 1. The standard InChI is InChI=1S/C10H16O5P2/c1-16(12,13)10(11,17(2,14)15)8-9-6-4-3-5-7-9/h3-7,11H,8H2,1-2H3,(H,12,13)(H,14,15). The van der Waals surface area contributed by atoms with Crippen LogP contribution in [0.2, 0.25) is 0 Å². The Balaban J connectivity index is 3.20. The van der Waals surface area contributed by atoms with Gasteiger partial charge in [0.1, 0.15) is 0 Å². The second-order valence-electron chi connectivity index (χ2n) is 4.19. The zero-order valence-electron chi connectivity index (χ0n) is 9.65. The first kappa shape index (κ1) is 14.6. The lowest BCUT2D eigenvalue weighted by atomic mass is 10.2. The Labute approximate surface area is 100 Å². The lowest BCUT2D eigenvalue weighted by molar-refractivity contribution is 0.172. The topological polar surface area (TPSA) is 94.8 Å². The van der Waals surface area contributed by atoms with E-state index in [0.29, 0.717) is 5.56 Å². The molecule has 1 aromatic carbocycles. The lowest BCUT2D eigenvalue weighted by Crippen LogP contribution is -2.30. The number of hydrogen-bond donors (Lipinski definition) is 3. The fraction of sp³-hybridized carbons (Fsp3) is 0.400. The number of rotatable bonds is 4. The van der Waals surface area contributed by atoms with Gasteiger partial charge in [0.25, 0.3) is 0 Å². The van der Waals surface area contributed by atoms with Gasteiger partial charge in [-0.2, -0.15) is 0 Å². The molecule has 0 aromatic heterocycles. The fourth-order valence-electron chi connectivity index (χ4n) is 1.51. The first-order chi connectivity index (χ1) is 7.58. The Hall–Kier alpha value is -0.440. The summed E-state index contributed by atoms with van der Waals surface area (Å²) in [5.41, 5.74) is 0.530. The minimum atomic E-state index is -4.13. The third-order valence-electron chi connectivity index (χ3n) is 2.61. The zero-order chi connectivity index (χ0) is 13.3. The van der Waals surface area contributed by atoms with Crippen LogP contribution in [0.5, 0.6) is 0 Å². The third-order valence-corrected chi connectivity index (χ3v) is 7.81. The minimum absolute atomic E-state index is 0.331. The van der Waals surface area contributed by atoms with Crippen LogP contribution in [0.15, 0.2) is 30.3 Å². The molecule has 96 valence electrons. The third kappa shape index (κ3) is 3.06. The summed E-state index contributed by atoms with van der Waals surface area (Å²) in [7, 11) is -8.26. The van der Waals surface area contributed by atoms with Crippen LogP contribution in [0.25, 0.3) is 0 Å². The van der Waals surface area contributed by atoms with E-state index in [1.54, 1.807) is 30.3 Å². The van der Waals surface area contributed by atoms with Crippen molar-refractivity contribution >= 4 is 14.7 Å². The number of hydrogen-bond acceptors (Lipinski definition) is 3. The Bertz CT molecular complexity index is 451. The van der Waals surface area contributed by atoms with Gasteiger partial charge in [0.2, 0.25) is 19.8 Å². The molecule has 0 saturated heterocycles. The molecule has 0 fully saturated rings. The molecule has 0 bridgehead atoms. The Morgan fingerprint density at radius 3 is 1.82 bits per heavy atom. The summed E-state index contributed by atoms with van der Waals surface area (Å²) in [6.45, 7) is 1.78. The van der Waals surface area contributed by atoms with Crippen LogP contribution in [-0.2, 0) is 15.6 Å². The van der Waals surface area contributed by atoms with Gasteiger partial charge in [0.15, 0.2) is 0 Å². The quantitative estimate of drug-likeness (QED) is 0.728. The van der Waals surface area contributed by atoms with Crippen LogP contribution in [0, 0.1) is 0 Å². The van der Waals surface area contributed by atoms with Crippen molar-refractivity contribution in [1.82, 2.24) is 0 Å². The second-order valence-corrected chi connectivity index (χ2v) is 9.54. The van der Waals surface area contributed by atoms with Gasteiger partial charge in [-0.1, -0.05) is 30.3 Å². The average molecular weight is 278 g/mol. The van der Waals surface area contributed by atoms with Crippen LogP contribution in [0.1, 0.15) is 5.56 Å². The maximum atomic E-state index is 11.7. The zero-order valence-corrected chi connectivity index (χ0v) is 11.4. The van der Waals surface area contributed by atoms with E-state index in [9.17, 15) is 24.0 Å². The van der Waals surface area contributed by atoms with Gasteiger partial charge in [-0.15, -0.1) is 0 Å². The normalized spacial score (nSPS) is 22.2. The van der Waals surface area contributed by atoms with E-state index in [1.807, 2.05) is 0 Å². The lowest BCUT2D eigenvalue weighted by Gasteiger charge is -2.32. The average Bonchev–Trinajstić information content (AvgIpc) is 2.15. The maximum Gasteiger partial charge on any atom is 0.238 e. The van der Waals surface area contributed by atoms with Crippen LogP contribution in [0.4, 0.5) is 0 Å².